The average molecular weight is 167 g/mol. The van der Waals surface area contributed by atoms with Gasteiger partial charge in [-0.05, 0) is 30.5 Å². The van der Waals surface area contributed by atoms with E-state index in [9.17, 15) is 4.39 Å². The number of halogens is 1. The van der Waals surface area contributed by atoms with E-state index in [-0.39, 0.29) is 0 Å². The highest BCUT2D eigenvalue weighted by molar-refractivity contribution is 5.31. The minimum atomic E-state index is -0.498. The van der Waals surface area contributed by atoms with Crippen molar-refractivity contribution < 1.29 is 4.39 Å². The van der Waals surface area contributed by atoms with Gasteiger partial charge in [-0.3, -0.25) is 0 Å². The predicted molar refractivity (Wildman–Crippen MR) is 48.8 cm³/mol. The monoisotopic (exact) mass is 167 g/mol. The van der Waals surface area contributed by atoms with E-state index in [4.69, 9.17) is 5.73 Å². The molecule has 66 valence electrons. The second-order valence-electron chi connectivity index (χ2n) is 3.10. The Morgan fingerprint density at radius 3 is 2.50 bits per heavy atom. The quantitative estimate of drug-likeness (QED) is 0.718. The van der Waals surface area contributed by atoms with Gasteiger partial charge in [0.15, 0.2) is 0 Å². The van der Waals surface area contributed by atoms with Crippen molar-refractivity contribution in [1.82, 2.24) is 0 Å². The summed E-state index contributed by atoms with van der Waals surface area (Å²) in [5, 5.41) is 0. The molecular weight excluding hydrogens is 153 g/mol. The zero-order chi connectivity index (χ0) is 9.14. The Morgan fingerprint density at radius 2 is 2.00 bits per heavy atom. The summed E-state index contributed by atoms with van der Waals surface area (Å²) in [5.41, 5.74) is 8.79. The summed E-state index contributed by atoms with van der Waals surface area (Å²) in [4.78, 5) is 0. The highest BCUT2D eigenvalue weighted by Gasteiger charge is 2.05. The van der Waals surface area contributed by atoms with Crippen LogP contribution in [0.1, 0.15) is 22.7 Å². The predicted octanol–water partition coefficient (Wildman–Crippen LogP) is 2.27. The molecule has 0 aliphatic rings. The molecule has 0 spiro atoms. The van der Waals surface area contributed by atoms with Crippen LogP contribution in [0.4, 0.5) is 4.39 Å². The van der Waals surface area contributed by atoms with E-state index in [2.05, 4.69) is 0 Å². The van der Waals surface area contributed by atoms with Gasteiger partial charge in [-0.2, -0.15) is 0 Å². The molecule has 0 saturated carbocycles. The van der Waals surface area contributed by atoms with E-state index in [1.54, 1.807) is 0 Å². The molecule has 0 saturated heterocycles. The number of hydrogen-bond acceptors (Lipinski definition) is 1. The van der Waals surface area contributed by atoms with Crippen molar-refractivity contribution in [2.24, 2.45) is 5.73 Å². The molecule has 0 aliphatic heterocycles. The molecule has 1 aromatic carbocycles. The van der Waals surface area contributed by atoms with E-state index >= 15 is 0 Å². The minimum Gasteiger partial charge on any atom is -0.322 e. The summed E-state index contributed by atoms with van der Waals surface area (Å²) in [7, 11) is 0. The van der Waals surface area contributed by atoms with Gasteiger partial charge in [0.25, 0.3) is 0 Å². The van der Waals surface area contributed by atoms with Crippen LogP contribution < -0.4 is 5.73 Å². The Morgan fingerprint density at radius 1 is 1.33 bits per heavy atom. The molecule has 2 heteroatoms. The van der Waals surface area contributed by atoms with Gasteiger partial charge >= 0.3 is 0 Å². The van der Waals surface area contributed by atoms with Gasteiger partial charge in [-0.15, -0.1) is 0 Å². The van der Waals surface area contributed by atoms with Gasteiger partial charge < -0.3 is 5.73 Å². The molecule has 0 amide bonds. The Hall–Kier alpha value is -0.890. The summed E-state index contributed by atoms with van der Waals surface area (Å²) in [6.07, 6.45) is 0. The van der Waals surface area contributed by atoms with E-state index in [0.29, 0.717) is 0 Å². The summed E-state index contributed by atoms with van der Waals surface area (Å²) in [6, 6.07) is 5.33. The smallest absolute Gasteiger partial charge is 0.109 e. The van der Waals surface area contributed by atoms with Crippen molar-refractivity contribution >= 4 is 0 Å². The van der Waals surface area contributed by atoms with Crippen molar-refractivity contribution in [3.63, 3.8) is 0 Å². The molecular formula is C10H14FN. The van der Waals surface area contributed by atoms with Crippen molar-refractivity contribution in [3.05, 3.63) is 34.9 Å². The third kappa shape index (κ3) is 1.83. The first-order valence-electron chi connectivity index (χ1n) is 4.04. The van der Waals surface area contributed by atoms with Crippen LogP contribution in [0.3, 0.4) is 0 Å². The molecule has 1 atom stereocenters. The number of alkyl halides is 1. The van der Waals surface area contributed by atoms with Crippen LogP contribution in [-0.2, 0) is 0 Å². The topological polar surface area (TPSA) is 26.0 Å². The van der Waals surface area contributed by atoms with Crippen LogP contribution in [0.5, 0.6) is 0 Å². The standard InChI is InChI=1S/C10H14FN/c1-7-3-4-9(5-8(7)2)10(12)6-11/h3-5,10H,6,12H2,1-2H3/t10-/m0/s1. The number of rotatable bonds is 2. The van der Waals surface area contributed by atoms with Crippen LogP contribution in [0.2, 0.25) is 0 Å². The molecule has 2 N–H and O–H groups in total. The molecule has 1 nitrogen and oxygen atoms in total. The molecule has 0 aliphatic carbocycles. The lowest BCUT2D eigenvalue weighted by Crippen LogP contribution is -2.12. The van der Waals surface area contributed by atoms with Crippen LogP contribution in [-0.4, -0.2) is 6.67 Å². The van der Waals surface area contributed by atoms with Gasteiger partial charge in [0, 0.05) is 0 Å². The minimum absolute atomic E-state index is 0.468. The Bertz CT molecular complexity index is 271. The van der Waals surface area contributed by atoms with Gasteiger partial charge in [0.05, 0.1) is 6.04 Å². The second kappa shape index (κ2) is 3.68. The van der Waals surface area contributed by atoms with E-state index in [1.165, 1.54) is 5.56 Å². The summed E-state index contributed by atoms with van der Waals surface area (Å²) < 4.78 is 12.2. The Balaban J connectivity index is 2.96. The molecule has 0 unspecified atom stereocenters. The summed E-state index contributed by atoms with van der Waals surface area (Å²) >= 11 is 0. The maximum atomic E-state index is 12.2. The van der Waals surface area contributed by atoms with Gasteiger partial charge in [0.1, 0.15) is 6.67 Å². The third-order valence-corrected chi connectivity index (χ3v) is 2.13. The van der Waals surface area contributed by atoms with Crippen molar-refractivity contribution in [3.8, 4) is 0 Å². The first-order chi connectivity index (χ1) is 5.65. The van der Waals surface area contributed by atoms with Gasteiger partial charge in [-0.1, -0.05) is 18.2 Å². The van der Waals surface area contributed by atoms with Gasteiger partial charge in [-0.25, -0.2) is 4.39 Å². The lowest BCUT2D eigenvalue weighted by atomic mass is 10.0. The fourth-order valence-electron chi connectivity index (χ4n) is 1.08. The maximum absolute atomic E-state index is 12.2. The molecule has 0 aromatic heterocycles. The number of hydrogen-bond donors (Lipinski definition) is 1. The molecule has 0 bridgehead atoms. The first-order valence-corrected chi connectivity index (χ1v) is 4.04. The van der Waals surface area contributed by atoms with Crippen molar-refractivity contribution in [1.29, 1.82) is 0 Å². The highest BCUT2D eigenvalue weighted by atomic mass is 19.1. The third-order valence-electron chi connectivity index (χ3n) is 2.13. The van der Waals surface area contributed by atoms with Crippen LogP contribution in [0.15, 0.2) is 18.2 Å². The average Bonchev–Trinajstić information content (AvgIpc) is 2.08. The lowest BCUT2D eigenvalue weighted by molar-refractivity contribution is 0.437. The molecule has 1 aromatic rings. The Kier molecular flexibility index (Phi) is 2.82. The fourth-order valence-corrected chi connectivity index (χ4v) is 1.08. The normalized spacial score (nSPS) is 13.0. The molecule has 12 heavy (non-hydrogen) atoms. The van der Waals surface area contributed by atoms with Gasteiger partial charge in [0.2, 0.25) is 0 Å². The first kappa shape index (κ1) is 9.20. The number of benzene rings is 1. The largest absolute Gasteiger partial charge is 0.322 e. The number of aryl methyl sites for hydroxylation is 2. The zero-order valence-electron chi connectivity index (χ0n) is 7.47. The lowest BCUT2D eigenvalue weighted by Gasteiger charge is -2.09. The summed E-state index contributed by atoms with van der Waals surface area (Å²) in [6.45, 7) is 3.53. The SMILES string of the molecule is Cc1ccc([C@@H](N)CF)cc1C. The number of nitrogens with two attached hydrogens (primary N) is 1. The summed E-state index contributed by atoms with van der Waals surface area (Å²) in [5.74, 6) is 0. The van der Waals surface area contributed by atoms with E-state index in [1.807, 2.05) is 32.0 Å². The van der Waals surface area contributed by atoms with Crippen LogP contribution in [0, 0.1) is 13.8 Å². The maximum Gasteiger partial charge on any atom is 0.109 e. The van der Waals surface area contributed by atoms with Crippen molar-refractivity contribution in [2.45, 2.75) is 19.9 Å². The second-order valence-corrected chi connectivity index (χ2v) is 3.10. The van der Waals surface area contributed by atoms with Crippen LogP contribution >= 0.6 is 0 Å². The molecule has 0 fully saturated rings. The molecule has 1 rings (SSSR count). The van der Waals surface area contributed by atoms with Crippen LogP contribution in [0.25, 0.3) is 0 Å². The zero-order valence-corrected chi connectivity index (χ0v) is 7.47. The van der Waals surface area contributed by atoms with E-state index in [0.717, 1.165) is 11.1 Å². The Labute approximate surface area is 72.4 Å². The highest BCUT2D eigenvalue weighted by Crippen LogP contribution is 2.15. The fraction of sp³-hybridized carbons (Fsp3) is 0.400. The van der Waals surface area contributed by atoms with E-state index < -0.39 is 12.7 Å². The van der Waals surface area contributed by atoms with Crippen molar-refractivity contribution in [2.75, 3.05) is 6.67 Å². The molecule has 0 radical (unpaired) electrons. The molecule has 0 heterocycles.